The molecule has 2 atom stereocenters. The molecule has 7 nitrogen and oxygen atoms in total. The molecule has 0 bridgehead atoms. The Bertz CT molecular complexity index is 1460. The van der Waals surface area contributed by atoms with E-state index in [0.717, 1.165) is 15.8 Å². The number of nitrogens with zero attached hydrogens (tertiary/aromatic N) is 2. The fourth-order valence-electron chi connectivity index (χ4n) is 5.07. The van der Waals surface area contributed by atoms with Gasteiger partial charge in [0, 0.05) is 17.5 Å². The number of nitrogens with one attached hydrogen (secondary N) is 1. The van der Waals surface area contributed by atoms with Crippen LogP contribution in [0.2, 0.25) is 0 Å². The smallest absolute Gasteiger partial charge is 0.262 e. The van der Waals surface area contributed by atoms with Crippen LogP contribution >= 0.6 is 0 Å². The summed E-state index contributed by atoms with van der Waals surface area (Å²) >= 11 is 0. The summed E-state index contributed by atoms with van der Waals surface area (Å²) < 4.78 is 5.31. The predicted molar refractivity (Wildman–Crippen MR) is 142 cm³/mol. The van der Waals surface area contributed by atoms with E-state index in [0.29, 0.717) is 28.1 Å². The third kappa shape index (κ3) is 4.33. The Morgan fingerprint density at radius 3 is 2.14 bits per heavy atom. The summed E-state index contributed by atoms with van der Waals surface area (Å²) in [6.07, 6.45) is 1.66. The number of aromatic nitrogens is 1. The number of carbonyl (C=O) groups excluding carboxylic acids is 3. The number of imide groups is 1. The largest absolute Gasteiger partial charge is 0.497 e. The molecule has 4 aromatic rings. The van der Waals surface area contributed by atoms with Gasteiger partial charge in [0.1, 0.15) is 11.8 Å². The van der Waals surface area contributed by atoms with E-state index in [9.17, 15) is 14.4 Å². The minimum absolute atomic E-state index is 0.0842. The van der Waals surface area contributed by atoms with E-state index in [4.69, 9.17) is 4.74 Å². The van der Waals surface area contributed by atoms with Crippen molar-refractivity contribution in [3.05, 3.63) is 102 Å². The zero-order valence-corrected chi connectivity index (χ0v) is 20.8. The number of pyridine rings is 1. The molecule has 2 heterocycles. The van der Waals surface area contributed by atoms with Crippen LogP contribution in [0.3, 0.4) is 0 Å². The molecule has 37 heavy (non-hydrogen) atoms. The van der Waals surface area contributed by atoms with E-state index >= 15 is 0 Å². The number of fused-ring (bicyclic) bond motifs is 2. The average Bonchev–Trinajstić information content (AvgIpc) is 3.17. The van der Waals surface area contributed by atoms with Gasteiger partial charge in [-0.05, 0) is 47.9 Å². The van der Waals surface area contributed by atoms with Crippen LogP contribution in [0.15, 0.2) is 85.1 Å². The lowest BCUT2D eigenvalue weighted by atomic mass is 9.81. The number of rotatable bonds is 7. The predicted octanol–water partition coefficient (Wildman–Crippen LogP) is 5.29. The summed E-state index contributed by atoms with van der Waals surface area (Å²) in [6.45, 7) is 3.96. The molecule has 1 aliphatic heterocycles. The summed E-state index contributed by atoms with van der Waals surface area (Å²) in [4.78, 5) is 46.8. The quantitative estimate of drug-likeness (QED) is 0.354. The van der Waals surface area contributed by atoms with E-state index in [-0.39, 0.29) is 5.92 Å². The van der Waals surface area contributed by atoms with Crippen LogP contribution in [0.25, 0.3) is 10.9 Å². The van der Waals surface area contributed by atoms with Crippen molar-refractivity contribution in [3.8, 4) is 5.75 Å². The minimum atomic E-state index is -1.10. The number of methoxy groups -OCH3 is 1. The van der Waals surface area contributed by atoms with Crippen molar-refractivity contribution >= 4 is 34.3 Å². The van der Waals surface area contributed by atoms with E-state index in [1.807, 2.05) is 62.4 Å². The van der Waals surface area contributed by atoms with E-state index in [2.05, 4.69) is 10.3 Å². The number of anilines is 1. The van der Waals surface area contributed by atoms with Crippen LogP contribution in [0.4, 0.5) is 5.69 Å². The van der Waals surface area contributed by atoms with Gasteiger partial charge in [-0.25, -0.2) is 0 Å². The maximum absolute atomic E-state index is 14.1. The second kappa shape index (κ2) is 9.85. The van der Waals surface area contributed by atoms with Crippen molar-refractivity contribution in [2.45, 2.75) is 25.8 Å². The molecule has 7 heteroatoms. The molecule has 0 saturated carbocycles. The molecule has 0 radical (unpaired) electrons. The van der Waals surface area contributed by atoms with Crippen LogP contribution in [0, 0.1) is 5.92 Å². The number of benzene rings is 3. The zero-order chi connectivity index (χ0) is 26.1. The molecule has 0 aliphatic carbocycles. The summed E-state index contributed by atoms with van der Waals surface area (Å²) in [5.74, 6) is -1.29. The van der Waals surface area contributed by atoms with Gasteiger partial charge >= 0.3 is 0 Å². The van der Waals surface area contributed by atoms with Crippen molar-refractivity contribution in [2.75, 3.05) is 12.4 Å². The molecule has 0 fully saturated rings. The Labute approximate surface area is 215 Å². The first-order valence-electron chi connectivity index (χ1n) is 12.2. The van der Waals surface area contributed by atoms with Crippen LogP contribution in [0.5, 0.6) is 5.75 Å². The lowest BCUT2D eigenvalue weighted by Crippen LogP contribution is -2.51. The Hall–Kier alpha value is -4.52. The van der Waals surface area contributed by atoms with Gasteiger partial charge < -0.3 is 10.1 Å². The van der Waals surface area contributed by atoms with E-state index < -0.39 is 29.7 Å². The normalized spacial score (nSPS) is 14.5. The van der Waals surface area contributed by atoms with Gasteiger partial charge in [0.15, 0.2) is 0 Å². The number of ether oxygens (including phenoxy) is 1. The fraction of sp³-hybridized carbons (Fsp3) is 0.200. The van der Waals surface area contributed by atoms with Gasteiger partial charge in [-0.1, -0.05) is 56.3 Å². The molecular weight excluding hydrogens is 466 g/mol. The van der Waals surface area contributed by atoms with Crippen LogP contribution < -0.4 is 10.1 Å². The third-order valence-corrected chi connectivity index (χ3v) is 6.82. The van der Waals surface area contributed by atoms with Crippen molar-refractivity contribution in [2.24, 2.45) is 5.92 Å². The summed E-state index contributed by atoms with van der Waals surface area (Å²) in [6, 6.07) is 22.2. The maximum Gasteiger partial charge on any atom is 0.262 e. The third-order valence-electron chi connectivity index (χ3n) is 6.82. The number of hydrogen-bond donors (Lipinski definition) is 1. The van der Waals surface area contributed by atoms with Crippen molar-refractivity contribution < 1.29 is 19.1 Å². The fourth-order valence-corrected chi connectivity index (χ4v) is 5.07. The minimum Gasteiger partial charge on any atom is -0.497 e. The van der Waals surface area contributed by atoms with Gasteiger partial charge in [-0.2, -0.15) is 0 Å². The molecule has 186 valence electrons. The molecule has 1 aliphatic rings. The Morgan fingerprint density at radius 2 is 1.51 bits per heavy atom. The van der Waals surface area contributed by atoms with E-state index in [1.54, 1.807) is 43.6 Å². The maximum atomic E-state index is 14.1. The summed E-state index contributed by atoms with van der Waals surface area (Å²) in [5.41, 5.74) is 2.57. The van der Waals surface area contributed by atoms with Crippen LogP contribution in [-0.2, 0) is 4.79 Å². The SMILES string of the molecule is COc1ccc([C@@H](C(C)C)[C@@H](C(=O)Nc2cccc3cccnc23)N2C(=O)c3ccccc3C2=O)cc1. The van der Waals surface area contributed by atoms with E-state index in [1.165, 1.54) is 0 Å². The Kier molecular flexibility index (Phi) is 6.44. The monoisotopic (exact) mass is 493 g/mol. The first-order valence-corrected chi connectivity index (χ1v) is 12.2. The zero-order valence-electron chi connectivity index (χ0n) is 20.8. The van der Waals surface area contributed by atoms with Crippen molar-refractivity contribution in [1.29, 1.82) is 0 Å². The second-order valence-corrected chi connectivity index (χ2v) is 9.38. The number of amides is 3. The number of hydrogen-bond acceptors (Lipinski definition) is 5. The highest BCUT2D eigenvalue weighted by Crippen LogP contribution is 2.37. The number of carbonyl (C=O) groups is 3. The molecule has 1 aromatic heterocycles. The molecule has 3 aromatic carbocycles. The van der Waals surface area contributed by atoms with Gasteiger partial charge in [0.05, 0.1) is 29.4 Å². The standard InChI is InChI=1S/C30H27N3O4/c1-18(2)25(19-13-15-21(37-3)16-14-19)27(33-29(35)22-10-4-5-11-23(22)30(33)36)28(34)32-24-12-6-8-20-9-7-17-31-26(20)24/h4-18,25,27H,1-3H3,(H,32,34)/t25-,27+/m1/s1. The first-order chi connectivity index (χ1) is 17.9. The molecule has 0 unspecified atom stereocenters. The number of para-hydroxylation sites is 1. The van der Waals surface area contributed by atoms with Crippen LogP contribution in [-0.4, -0.2) is 40.8 Å². The van der Waals surface area contributed by atoms with Gasteiger partial charge in [0.25, 0.3) is 11.8 Å². The van der Waals surface area contributed by atoms with Gasteiger partial charge in [-0.3, -0.25) is 24.3 Å². The summed E-state index contributed by atoms with van der Waals surface area (Å²) in [5, 5.41) is 3.85. The van der Waals surface area contributed by atoms with Gasteiger partial charge in [-0.15, -0.1) is 0 Å². The Balaban J connectivity index is 1.62. The highest BCUT2D eigenvalue weighted by molar-refractivity contribution is 6.23. The molecule has 1 N–H and O–H groups in total. The van der Waals surface area contributed by atoms with Crippen molar-refractivity contribution in [1.82, 2.24) is 9.88 Å². The van der Waals surface area contributed by atoms with Gasteiger partial charge in [0.2, 0.25) is 5.91 Å². The lowest BCUT2D eigenvalue weighted by molar-refractivity contribution is -0.121. The second-order valence-electron chi connectivity index (χ2n) is 9.38. The van der Waals surface area contributed by atoms with Crippen molar-refractivity contribution in [3.63, 3.8) is 0 Å². The lowest BCUT2D eigenvalue weighted by Gasteiger charge is -2.35. The molecule has 0 saturated heterocycles. The molecule has 3 amide bonds. The first kappa shape index (κ1) is 24.2. The van der Waals surface area contributed by atoms with Crippen LogP contribution in [0.1, 0.15) is 46.0 Å². The highest BCUT2D eigenvalue weighted by atomic mass is 16.5. The molecular formula is C30H27N3O4. The molecule has 5 rings (SSSR count). The average molecular weight is 494 g/mol. The summed E-state index contributed by atoms with van der Waals surface area (Å²) in [7, 11) is 1.59. The highest BCUT2D eigenvalue weighted by Gasteiger charge is 2.47. The topological polar surface area (TPSA) is 88.6 Å². The molecule has 0 spiro atoms. The Morgan fingerprint density at radius 1 is 0.865 bits per heavy atom.